The molecule has 28 heavy (non-hydrogen) atoms. The van der Waals surface area contributed by atoms with Crippen LogP contribution in [0.2, 0.25) is 0 Å². The van der Waals surface area contributed by atoms with Gasteiger partial charge in [-0.3, -0.25) is 9.69 Å². The first-order valence-electron chi connectivity index (χ1n) is 10.4. The lowest BCUT2D eigenvalue weighted by atomic mass is 9.79. The summed E-state index contributed by atoms with van der Waals surface area (Å²) in [5.74, 6) is 1.03. The number of hydrogen-bond acceptors (Lipinski definition) is 4. The molecule has 3 aliphatic heterocycles. The summed E-state index contributed by atoms with van der Waals surface area (Å²) in [6, 6.07) is 13.2. The quantitative estimate of drug-likeness (QED) is 0.739. The molecule has 0 saturated carbocycles. The van der Waals surface area contributed by atoms with Crippen molar-refractivity contribution in [1.29, 1.82) is 0 Å². The molecule has 4 heterocycles. The van der Waals surface area contributed by atoms with Gasteiger partial charge in [0.1, 0.15) is 0 Å². The number of benzene rings is 1. The first-order valence-corrected chi connectivity index (χ1v) is 11.7. The molecule has 1 aromatic carbocycles. The highest BCUT2D eigenvalue weighted by atomic mass is 32.2. The molecule has 2 aromatic rings. The Kier molecular flexibility index (Phi) is 5.07. The summed E-state index contributed by atoms with van der Waals surface area (Å²) in [7, 11) is 0. The van der Waals surface area contributed by atoms with E-state index in [4.69, 9.17) is 4.74 Å². The third-order valence-electron chi connectivity index (χ3n) is 6.73. The summed E-state index contributed by atoms with van der Waals surface area (Å²) in [4.78, 5) is 16.7. The van der Waals surface area contributed by atoms with Crippen molar-refractivity contribution in [2.24, 2.45) is 5.92 Å². The van der Waals surface area contributed by atoms with Gasteiger partial charge in [0.05, 0.1) is 0 Å². The SMILES string of the molecule is CSc1ccc(-c2ccc(=O)n3c2[C@@H]2C[C@@H](CN(C4CCOCC4)C2)C3)cc1. The second-order valence-electron chi connectivity index (χ2n) is 8.41. The molecule has 0 radical (unpaired) electrons. The molecule has 0 aliphatic carbocycles. The number of piperidine rings is 1. The van der Waals surface area contributed by atoms with Crippen molar-refractivity contribution in [3.8, 4) is 11.1 Å². The van der Waals surface area contributed by atoms with E-state index in [2.05, 4.69) is 46.1 Å². The zero-order valence-corrected chi connectivity index (χ0v) is 17.3. The molecule has 0 unspecified atom stereocenters. The smallest absolute Gasteiger partial charge is 0.250 e. The minimum absolute atomic E-state index is 0.161. The van der Waals surface area contributed by atoms with E-state index in [9.17, 15) is 4.79 Å². The fourth-order valence-electron chi connectivity index (χ4n) is 5.42. The lowest BCUT2D eigenvalue weighted by Crippen LogP contribution is -2.51. The molecule has 5 rings (SSSR count). The van der Waals surface area contributed by atoms with E-state index in [0.717, 1.165) is 45.7 Å². The molecule has 0 spiro atoms. The van der Waals surface area contributed by atoms with Crippen LogP contribution >= 0.6 is 11.8 Å². The molecule has 1 aromatic heterocycles. The zero-order valence-electron chi connectivity index (χ0n) is 16.5. The topological polar surface area (TPSA) is 34.5 Å². The van der Waals surface area contributed by atoms with E-state index >= 15 is 0 Å². The highest BCUT2D eigenvalue weighted by Gasteiger charge is 2.38. The highest BCUT2D eigenvalue weighted by molar-refractivity contribution is 7.98. The van der Waals surface area contributed by atoms with E-state index < -0.39 is 0 Å². The monoisotopic (exact) mass is 396 g/mol. The fourth-order valence-corrected chi connectivity index (χ4v) is 5.82. The maximum absolute atomic E-state index is 12.7. The number of nitrogens with zero attached hydrogens (tertiary/aromatic N) is 2. The van der Waals surface area contributed by atoms with E-state index in [1.807, 2.05) is 0 Å². The normalized spacial score (nSPS) is 25.5. The van der Waals surface area contributed by atoms with Crippen LogP contribution in [0.3, 0.4) is 0 Å². The summed E-state index contributed by atoms with van der Waals surface area (Å²) in [6.45, 7) is 4.83. The molecular formula is C23H28N2O2S. The summed E-state index contributed by atoms with van der Waals surface area (Å²) in [5.41, 5.74) is 3.89. The number of rotatable bonds is 3. The van der Waals surface area contributed by atoms with Crippen molar-refractivity contribution < 1.29 is 4.74 Å². The van der Waals surface area contributed by atoms with Gasteiger partial charge < -0.3 is 9.30 Å². The Balaban J connectivity index is 1.52. The van der Waals surface area contributed by atoms with Gasteiger partial charge >= 0.3 is 0 Å². The Hall–Kier alpha value is -1.56. The Labute approximate surface area is 170 Å². The molecule has 3 aliphatic rings. The summed E-state index contributed by atoms with van der Waals surface area (Å²) < 4.78 is 7.66. The largest absolute Gasteiger partial charge is 0.381 e. The number of aromatic nitrogens is 1. The van der Waals surface area contributed by atoms with Gasteiger partial charge in [-0.2, -0.15) is 0 Å². The summed E-state index contributed by atoms with van der Waals surface area (Å²) in [6.07, 6.45) is 5.60. The summed E-state index contributed by atoms with van der Waals surface area (Å²) >= 11 is 1.76. The standard InChI is InChI=1S/C23H28N2O2S/c1-28-20-4-2-17(3-5-20)21-6-7-22(26)25-14-16-12-18(23(21)25)15-24(13-16)19-8-10-27-11-9-19/h2-7,16,18-19H,8-15H2,1H3/t16-,18+/m0/s1. The van der Waals surface area contributed by atoms with Crippen molar-refractivity contribution in [1.82, 2.24) is 9.47 Å². The van der Waals surface area contributed by atoms with Crippen LogP contribution in [0.25, 0.3) is 11.1 Å². The average Bonchev–Trinajstić information content (AvgIpc) is 2.75. The van der Waals surface area contributed by atoms with Crippen LogP contribution in [0.4, 0.5) is 0 Å². The van der Waals surface area contributed by atoms with Gasteiger partial charge in [-0.05, 0) is 55.2 Å². The van der Waals surface area contributed by atoms with Gasteiger partial charge in [-0.25, -0.2) is 0 Å². The van der Waals surface area contributed by atoms with Crippen molar-refractivity contribution in [3.05, 3.63) is 52.4 Å². The van der Waals surface area contributed by atoms with Crippen LogP contribution < -0.4 is 5.56 Å². The molecule has 0 amide bonds. The van der Waals surface area contributed by atoms with Crippen LogP contribution in [0.5, 0.6) is 0 Å². The number of pyridine rings is 1. The molecule has 148 valence electrons. The number of hydrogen-bond donors (Lipinski definition) is 0. The molecule has 2 bridgehead atoms. The molecular weight excluding hydrogens is 368 g/mol. The van der Waals surface area contributed by atoms with Gasteiger partial charge in [-0.15, -0.1) is 11.8 Å². The molecule has 2 fully saturated rings. The number of thioether (sulfide) groups is 1. The van der Waals surface area contributed by atoms with Crippen LogP contribution in [0.1, 0.15) is 30.9 Å². The maximum atomic E-state index is 12.7. The van der Waals surface area contributed by atoms with E-state index in [1.165, 1.54) is 28.1 Å². The van der Waals surface area contributed by atoms with Crippen molar-refractivity contribution in [3.63, 3.8) is 0 Å². The lowest BCUT2D eigenvalue weighted by Gasteiger charge is -2.47. The van der Waals surface area contributed by atoms with Crippen molar-refractivity contribution >= 4 is 11.8 Å². The Morgan fingerprint density at radius 3 is 2.54 bits per heavy atom. The minimum atomic E-state index is 0.161. The molecule has 4 nitrogen and oxygen atoms in total. The highest BCUT2D eigenvalue weighted by Crippen LogP contribution is 2.41. The van der Waals surface area contributed by atoms with E-state index in [-0.39, 0.29) is 5.56 Å². The first kappa shape index (κ1) is 18.5. The Bertz CT molecular complexity index is 902. The molecule has 2 atom stereocenters. The number of likely N-dealkylation sites (tertiary alicyclic amines) is 1. The predicted octanol–water partition coefficient (Wildman–Crippen LogP) is 3.84. The zero-order chi connectivity index (χ0) is 19.1. The minimum Gasteiger partial charge on any atom is -0.381 e. The number of fused-ring (bicyclic) bond motifs is 4. The average molecular weight is 397 g/mol. The Morgan fingerprint density at radius 1 is 1.00 bits per heavy atom. The second-order valence-corrected chi connectivity index (χ2v) is 9.29. The molecule has 5 heteroatoms. The maximum Gasteiger partial charge on any atom is 0.250 e. The molecule has 0 N–H and O–H groups in total. The van der Waals surface area contributed by atoms with Gasteiger partial charge in [-0.1, -0.05) is 12.1 Å². The van der Waals surface area contributed by atoms with Gasteiger partial charge in [0.2, 0.25) is 0 Å². The fraction of sp³-hybridized carbons (Fsp3) is 0.522. The van der Waals surface area contributed by atoms with E-state index in [1.54, 1.807) is 17.8 Å². The lowest BCUT2D eigenvalue weighted by molar-refractivity contribution is 0.00597. The van der Waals surface area contributed by atoms with Crippen molar-refractivity contribution in [2.75, 3.05) is 32.6 Å². The van der Waals surface area contributed by atoms with E-state index in [0.29, 0.717) is 17.9 Å². The predicted molar refractivity (Wildman–Crippen MR) is 114 cm³/mol. The Morgan fingerprint density at radius 2 is 1.79 bits per heavy atom. The van der Waals surface area contributed by atoms with Gasteiger partial charge in [0, 0.05) is 67.0 Å². The third-order valence-corrected chi connectivity index (χ3v) is 7.47. The second kappa shape index (κ2) is 7.69. The summed E-state index contributed by atoms with van der Waals surface area (Å²) in [5, 5.41) is 0. The van der Waals surface area contributed by atoms with Crippen LogP contribution in [-0.2, 0) is 11.3 Å². The van der Waals surface area contributed by atoms with Crippen LogP contribution in [0.15, 0.2) is 46.1 Å². The number of ether oxygens (including phenoxy) is 1. The van der Waals surface area contributed by atoms with Gasteiger partial charge in [0.25, 0.3) is 5.56 Å². The molecule has 2 saturated heterocycles. The van der Waals surface area contributed by atoms with Gasteiger partial charge in [0.15, 0.2) is 0 Å². The first-order chi connectivity index (χ1) is 13.7. The third kappa shape index (κ3) is 3.34. The van der Waals surface area contributed by atoms with Crippen molar-refractivity contribution in [2.45, 2.75) is 42.7 Å². The van der Waals surface area contributed by atoms with Crippen LogP contribution in [0, 0.1) is 5.92 Å². The van der Waals surface area contributed by atoms with Crippen LogP contribution in [-0.4, -0.2) is 48.1 Å².